The Morgan fingerprint density at radius 2 is 1.93 bits per heavy atom. The second kappa shape index (κ2) is 9.12. The number of aromatic nitrogens is 1. The molecule has 2 amide bonds. The molecule has 6 nitrogen and oxygen atoms in total. The first kappa shape index (κ1) is 21.4. The van der Waals surface area contributed by atoms with Crippen LogP contribution in [-0.4, -0.2) is 65.4 Å². The lowest BCUT2D eigenvalue weighted by molar-refractivity contribution is -0.135. The molecule has 30 heavy (non-hydrogen) atoms. The van der Waals surface area contributed by atoms with Crippen molar-refractivity contribution in [2.75, 3.05) is 37.6 Å². The van der Waals surface area contributed by atoms with E-state index in [1.54, 1.807) is 34.4 Å². The molecule has 2 saturated heterocycles. The highest BCUT2D eigenvalue weighted by Gasteiger charge is 2.38. The number of benzene rings is 1. The Morgan fingerprint density at radius 1 is 1.10 bits per heavy atom. The number of nitrogens with zero attached hydrogens (tertiary/aromatic N) is 4. The maximum absolute atomic E-state index is 13.3. The summed E-state index contributed by atoms with van der Waals surface area (Å²) in [5, 5.41) is 3.86. The van der Waals surface area contributed by atoms with Gasteiger partial charge >= 0.3 is 0 Å². The molecule has 0 aliphatic carbocycles. The molecular formula is C21H24Cl2N4O2S. The summed E-state index contributed by atoms with van der Waals surface area (Å²) in [7, 11) is 0. The molecule has 3 heterocycles. The maximum Gasteiger partial charge on any atom is 0.256 e. The second-order valence-electron chi connectivity index (χ2n) is 7.72. The van der Waals surface area contributed by atoms with Crippen molar-refractivity contribution in [1.82, 2.24) is 14.8 Å². The highest BCUT2D eigenvalue weighted by Crippen LogP contribution is 2.28. The standard InChI is InChI=1S/C21H24Cl2N4O2S/c1-14-13-30-21(24-14)26-8-3-7-25(10-11-26)20(29)18-4-2-9-27(18)19(28)16-12-15(22)5-6-17(16)23/h5-6,12-13,18H,2-4,7-11H2,1H3. The van der Waals surface area contributed by atoms with E-state index in [1.165, 1.54) is 0 Å². The minimum Gasteiger partial charge on any atom is -0.346 e. The molecule has 0 bridgehead atoms. The number of hydrogen-bond donors (Lipinski definition) is 0. The molecule has 9 heteroatoms. The normalized spacial score (nSPS) is 19.8. The molecule has 0 saturated carbocycles. The van der Waals surface area contributed by atoms with E-state index in [9.17, 15) is 9.59 Å². The van der Waals surface area contributed by atoms with Crippen LogP contribution in [0.3, 0.4) is 0 Å². The average molecular weight is 467 g/mol. The molecule has 1 unspecified atom stereocenters. The Bertz CT molecular complexity index is 951. The van der Waals surface area contributed by atoms with Crippen molar-refractivity contribution in [2.45, 2.75) is 32.2 Å². The number of likely N-dealkylation sites (tertiary alicyclic amines) is 1. The van der Waals surface area contributed by atoms with Crippen molar-refractivity contribution in [3.63, 3.8) is 0 Å². The summed E-state index contributed by atoms with van der Waals surface area (Å²) in [6.07, 6.45) is 2.36. The van der Waals surface area contributed by atoms with Gasteiger partial charge in [0.05, 0.1) is 16.3 Å². The number of rotatable bonds is 3. The number of hydrogen-bond acceptors (Lipinski definition) is 5. The molecule has 1 aromatic carbocycles. The number of carbonyl (C=O) groups is 2. The fourth-order valence-corrected chi connectivity index (χ4v) is 5.34. The monoisotopic (exact) mass is 466 g/mol. The van der Waals surface area contributed by atoms with Crippen LogP contribution in [0.25, 0.3) is 0 Å². The van der Waals surface area contributed by atoms with Crippen LogP contribution in [0, 0.1) is 6.92 Å². The quantitative estimate of drug-likeness (QED) is 0.682. The smallest absolute Gasteiger partial charge is 0.256 e. The van der Waals surface area contributed by atoms with E-state index in [-0.39, 0.29) is 11.8 Å². The van der Waals surface area contributed by atoms with E-state index in [1.807, 2.05) is 17.2 Å². The first-order valence-corrected chi connectivity index (χ1v) is 11.8. The number of amides is 2. The summed E-state index contributed by atoms with van der Waals surface area (Å²) >= 11 is 13.9. The molecule has 2 aliphatic rings. The molecule has 2 aliphatic heterocycles. The predicted molar refractivity (Wildman–Crippen MR) is 121 cm³/mol. The van der Waals surface area contributed by atoms with Crippen molar-refractivity contribution >= 4 is 51.5 Å². The number of aryl methyl sites for hydroxylation is 1. The zero-order valence-electron chi connectivity index (χ0n) is 16.8. The summed E-state index contributed by atoms with van der Waals surface area (Å²) in [4.78, 5) is 36.8. The Hall–Kier alpha value is -1.83. The third-order valence-corrected chi connectivity index (χ3v) is 7.23. The number of carbonyl (C=O) groups excluding carboxylic acids is 2. The minimum atomic E-state index is -0.443. The topological polar surface area (TPSA) is 56.8 Å². The fraction of sp³-hybridized carbons (Fsp3) is 0.476. The Morgan fingerprint density at radius 3 is 2.70 bits per heavy atom. The number of thiazole rings is 1. The molecule has 2 aromatic rings. The summed E-state index contributed by atoms with van der Waals surface area (Å²) in [5.41, 5.74) is 1.37. The maximum atomic E-state index is 13.3. The van der Waals surface area contributed by atoms with Crippen LogP contribution in [0.4, 0.5) is 5.13 Å². The van der Waals surface area contributed by atoms with Crippen LogP contribution in [0.15, 0.2) is 23.6 Å². The first-order chi connectivity index (χ1) is 14.4. The van der Waals surface area contributed by atoms with Gasteiger partial charge in [-0.05, 0) is 44.4 Å². The zero-order chi connectivity index (χ0) is 21.3. The van der Waals surface area contributed by atoms with E-state index in [2.05, 4.69) is 9.88 Å². The van der Waals surface area contributed by atoms with Gasteiger partial charge in [0.1, 0.15) is 6.04 Å². The van der Waals surface area contributed by atoms with Crippen molar-refractivity contribution in [1.29, 1.82) is 0 Å². The lowest BCUT2D eigenvalue weighted by Crippen LogP contribution is -2.48. The summed E-state index contributed by atoms with van der Waals surface area (Å²) in [6.45, 7) is 5.49. The first-order valence-electron chi connectivity index (χ1n) is 10.2. The Kier molecular flexibility index (Phi) is 6.51. The average Bonchev–Trinajstić information content (AvgIpc) is 3.32. The molecule has 1 aromatic heterocycles. The third kappa shape index (κ3) is 4.43. The van der Waals surface area contributed by atoms with Gasteiger partial charge in [0.2, 0.25) is 5.91 Å². The number of anilines is 1. The third-order valence-electron chi connectivity index (χ3n) is 5.64. The van der Waals surface area contributed by atoms with Gasteiger partial charge in [0.15, 0.2) is 5.13 Å². The lowest BCUT2D eigenvalue weighted by Gasteiger charge is -2.30. The van der Waals surface area contributed by atoms with Crippen molar-refractivity contribution < 1.29 is 9.59 Å². The second-order valence-corrected chi connectivity index (χ2v) is 9.40. The minimum absolute atomic E-state index is 0.0242. The Labute approximate surface area is 190 Å². The Balaban J connectivity index is 1.45. The highest BCUT2D eigenvalue weighted by molar-refractivity contribution is 7.13. The molecule has 160 valence electrons. The van der Waals surface area contributed by atoms with Gasteiger partial charge in [-0.25, -0.2) is 4.98 Å². The van der Waals surface area contributed by atoms with E-state index < -0.39 is 6.04 Å². The van der Waals surface area contributed by atoms with Crippen LogP contribution in [-0.2, 0) is 4.79 Å². The number of halogens is 2. The van der Waals surface area contributed by atoms with Gasteiger partial charge < -0.3 is 14.7 Å². The molecule has 0 radical (unpaired) electrons. The molecule has 0 spiro atoms. The van der Waals surface area contributed by atoms with Gasteiger partial charge in [-0.2, -0.15) is 0 Å². The fourth-order valence-electron chi connectivity index (χ4n) is 4.11. The van der Waals surface area contributed by atoms with Crippen LogP contribution >= 0.6 is 34.5 Å². The largest absolute Gasteiger partial charge is 0.346 e. The molecule has 2 fully saturated rings. The summed E-state index contributed by atoms with van der Waals surface area (Å²) in [6, 6.07) is 4.40. The van der Waals surface area contributed by atoms with Gasteiger partial charge in [-0.15, -0.1) is 11.3 Å². The van der Waals surface area contributed by atoms with Crippen LogP contribution < -0.4 is 4.90 Å². The van der Waals surface area contributed by atoms with Gasteiger partial charge in [0.25, 0.3) is 5.91 Å². The predicted octanol–water partition coefficient (Wildman–Crippen LogP) is 4.10. The molecule has 1 atom stereocenters. The van der Waals surface area contributed by atoms with E-state index in [0.717, 1.165) is 36.8 Å². The summed E-state index contributed by atoms with van der Waals surface area (Å²) < 4.78 is 0. The van der Waals surface area contributed by atoms with Crippen LogP contribution in [0.1, 0.15) is 35.3 Å². The van der Waals surface area contributed by atoms with Crippen molar-refractivity contribution in [3.8, 4) is 0 Å². The van der Waals surface area contributed by atoms with Gasteiger partial charge in [-0.3, -0.25) is 9.59 Å². The van der Waals surface area contributed by atoms with Crippen molar-refractivity contribution in [3.05, 3.63) is 44.9 Å². The van der Waals surface area contributed by atoms with Gasteiger partial charge in [-0.1, -0.05) is 23.2 Å². The van der Waals surface area contributed by atoms with Gasteiger partial charge in [0, 0.05) is 43.1 Å². The molecule has 4 rings (SSSR count). The van der Waals surface area contributed by atoms with E-state index in [4.69, 9.17) is 23.2 Å². The van der Waals surface area contributed by atoms with E-state index in [0.29, 0.717) is 41.7 Å². The zero-order valence-corrected chi connectivity index (χ0v) is 19.1. The molecule has 0 N–H and O–H groups in total. The highest BCUT2D eigenvalue weighted by atomic mass is 35.5. The summed E-state index contributed by atoms with van der Waals surface area (Å²) in [5.74, 6) is -0.204. The van der Waals surface area contributed by atoms with Crippen LogP contribution in [0.5, 0.6) is 0 Å². The SMILES string of the molecule is Cc1csc(N2CCCN(C(=O)C3CCCN3C(=O)c3cc(Cl)ccc3Cl)CC2)n1. The van der Waals surface area contributed by atoms with Crippen LogP contribution in [0.2, 0.25) is 10.0 Å². The van der Waals surface area contributed by atoms with E-state index >= 15 is 0 Å². The molecular weight excluding hydrogens is 443 g/mol. The lowest BCUT2D eigenvalue weighted by atomic mass is 10.1. The van der Waals surface area contributed by atoms with Crippen molar-refractivity contribution in [2.24, 2.45) is 0 Å².